The van der Waals surface area contributed by atoms with E-state index in [-0.39, 0.29) is 5.56 Å². The van der Waals surface area contributed by atoms with Crippen molar-refractivity contribution in [2.45, 2.75) is 0 Å². The van der Waals surface area contributed by atoms with Crippen molar-refractivity contribution in [3.05, 3.63) is 75.2 Å². The highest BCUT2D eigenvalue weighted by atomic mass is 35.5. The van der Waals surface area contributed by atoms with E-state index >= 15 is 0 Å². The number of rotatable bonds is 2. The minimum atomic E-state index is -0.171. The van der Waals surface area contributed by atoms with Crippen molar-refractivity contribution in [3.63, 3.8) is 0 Å². The molecule has 3 aromatic rings. The highest BCUT2D eigenvalue weighted by Gasteiger charge is 1.98. The number of nitrogens with zero attached hydrogens (tertiary/aromatic N) is 1. The van der Waals surface area contributed by atoms with Crippen molar-refractivity contribution in [3.8, 4) is 0 Å². The normalized spacial score (nSPS) is 11.2. The Kier molecular flexibility index (Phi) is 3.35. The van der Waals surface area contributed by atoms with Gasteiger partial charge in [0.05, 0.1) is 11.6 Å². The molecule has 0 atom stereocenters. The number of aromatic nitrogens is 2. The van der Waals surface area contributed by atoms with E-state index < -0.39 is 0 Å². The van der Waals surface area contributed by atoms with Crippen molar-refractivity contribution in [2.24, 2.45) is 0 Å². The Bertz CT molecular complexity index is 835. The number of nitrogens with one attached hydrogen (secondary N) is 1. The molecular formula is C16H11ClN2O. The van der Waals surface area contributed by atoms with Gasteiger partial charge in [-0.2, -0.15) is 5.10 Å². The van der Waals surface area contributed by atoms with Crippen LogP contribution in [0.2, 0.25) is 5.02 Å². The third-order valence-corrected chi connectivity index (χ3v) is 3.28. The van der Waals surface area contributed by atoms with Crippen molar-refractivity contribution in [1.29, 1.82) is 0 Å². The molecule has 0 saturated carbocycles. The molecule has 0 saturated heterocycles. The lowest BCUT2D eigenvalue weighted by Gasteiger charge is -1.98. The molecule has 98 valence electrons. The first-order chi connectivity index (χ1) is 9.72. The molecule has 20 heavy (non-hydrogen) atoms. The quantitative estimate of drug-likeness (QED) is 0.728. The van der Waals surface area contributed by atoms with E-state index in [4.69, 9.17) is 11.6 Å². The molecule has 1 aromatic heterocycles. The zero-order chi connectivity index (χ0) is 13.9. The lowest BCUT2D eigenvalue weighted by atomic mass is 10.1. The van der Waals surface area contributed by atoms with Gasteiger partial charge in [0.15, 0.2) is 0 Å². The molecule has 3 rings (SSSR count). The Balaban J connectivity index is 1.95. The SMILES string of the molecule is O=c1[nH]ncc2cc(/C=C/c3ccc(Cl)cc3)ccc12. The van der Waals surface area contributed by atoms with Crippen LogP contribution in [0.1, 0.15) is 11.1 Å². The molecule has 0 aliphatic rings. The average Bonchev–Trinajstić information content (AvgIpc) is 2.47. The van der Waals surface area contributed by atoms with E-state index in [1.807, 2.05) is 48.6 Å². The van der Waals surface area contributed by atoms with Crippen molar-refractivity contribution < 1.29 is 0 Å². The second-order valence-corrected chi connectivity index (χ2v) is 4.87. The molecule has 4 heteroatoms. The van der Waals surface area contributed by atoms with E-state index in [1.54, 1.807) is 12.3 Å². The molecular weight excluding hydrogens is 272 g/mol. The summed E-state index contributed by atoms with van der Waals surface area (Å²) in [6.45, 7) is 0. The molecule has 0 aliphatic carbocycles. The topological polar surface area (TPSA) is 45.8 Å². The minimum Gasteiger partial charge on any atom is -0.267 e. The number of fused-ring (bicyclic) bond motifs is 1. The Hall–Kier alpha value is -2.39. The van der Waals surface area contributed by atoms with Crippen LogP contribution in [-0.2, 0) is 0 Å². The fraction of sp³-hybridized carbons (Fsp3) is 0. The number of H-pyrrole nitrogens is 1. The Morgan fingerprint density at radius 3 is 2.50 bits per heavy atom. The maximum atomic E-state index is 11.6. The van der Waals surface area contributed by atoms with Crippen LogP contribution in [-0.4, -0.2) is 10.2 Å². The lowest BCUT2D eigenvalue weighted by Crippen LogP contribution is -2.06. The smallest absolute Gasteiger partial charge is 0.267 e. The fourth-order valence-corrected chi connectivity index (χ4v) is 2.11. The Labute approximate surface area is 120 Å². The maximum Gasteiger partial charge on any atom is 0.272 e. The first-order valence-corrected chi connectivity index (χ1v) is 6.51. The molecule has 3 nitrogen and oxygen atoms in total. The highest BCUT2D eigenvalue weighted by molar-refractivity contribution is 6.30. The molecule has 0 bridgehead atoms. The van der Waals surface area contributed by atoms with Crippen molar-refractivity contribution >= 4 is 34.5 Å². The molecule has 2 aromatic carbocycles. The molecule has 0 aliphatic heterocycles. The number of aromatic amines is 1. The fourth-order valence-electron chi connectivity index (χ4n) is 1.99. The zero-order valence-corrected chi connectivity index (χ0v) is 11.3. The van der Waals surface area contributed by atoms with E-state index in [0.29, 0.717) is 5.39 Å². The van der Waals surface area contributed by atoms with Crippen molar-refractivity contribution in [2.75, 3.05) is 0 Å². The second kappa shape index (κ2) is 5.31. The van der Waals surface area contributed by atoms with E-state index in [2.05, 4.69) is 10.2 Å². The Morgan fingerprint density at radius 1 is 1.00 bits per heavy atom. The van der Waals surface area contributed by atoms with Crippen LogP contribution in [0, 0.1) is 0 Å². The molecule has 0 spiro atoms. The predicted octanol–water partition coefficient (Wildman–Crippen LogP) is 3.75. The average molecular weight is 283 g/mol. The summed E-state index contributed by atoms with van der Waals surface area (Å²) in [6.07, 6.45) is 5.64. The number of halogens is 1. The number of hydrogen-bond acceptors (Lipinski definition) is 2. The Morgan fingerprint density at radius 2 is 1.70 bits per heavy atom. The van der Waals surface area contributed by atoms with Crippen LogP contribution < -0.4 is 5.56 Å². The van der Waals surface area contributed by atoms with Crippen LogP contribution in [0.15, 0.2) is 53.5 Å². The lowest BCUT2D eigenvalue weighted by molar-refractivity contribution is 1.01. The first kappa shape index (κ1) is 12.6. The van der Waals surface area contributed by atoms with Gasteiger partial charge in [-0.15, -0.1) is 0 Å². The molecule has 0 unspecified atom stereocenters. The number of hydrogen-bond donors (Lipinski definition) is 1. The van der Waals surface area contributed by atoms with Gasteiger partial charge in [-0.05, 0) is 35.4 Å². The highest BCUT2D eigenvalue weighted by Crippen LogP contribution is 2.15. The summed E-state index contributed by atoms with van der Waals surface area (Å²) in [6, 6.07) is 13.2. The summed E-state index contributed by atoms with van der Waals surface area (Å²) in [4.78, 5) is 11.6. The van der Waals surface area contributed by atoms with Gasteiger partial charge in [0.25, 0.3) is 5.56 Å². The van der Waals surface area contributed by atoms with Gasteiger partial charge in [-0.3, -0.25) is 4.79 Å². The second-order valence-electron chi connectivity index (χ2n) is 4.43. The maximum absolute atomic E-state index is 11.6. The van der Waals surface area contributed by atoms with E-state index in [0.717, 1.165) is 21.5 Å². The minimum absolute atomic E-state index is 0.171. The van der Waals surface area contributed by atoms with Gasteiger partial charge >= 0.3 is 0 Å². The molecule has 1 N–H and O–H groups in total. The van der Waals surface area contributed by atoms with Crippen LogP contribution in [0.3, 0.4) is 0 Å². The summed E-state index contributed by atoms with van der Waals surface area (Å²) < 4.78 is 0. The van der Waals surface area contributed by atoms with Crippen LogP contribution in [0.4, 0.5) is 0 Å². The van der Waals surface area contributed by atoms with Gasteiger partial charge in [-0.1, -0.05) is 42.0 Å². The van der Waals surface area contributed by atoms with Gasteiger partial charge in [0.2, 0.25) is 0 Å². The summed E-state index contributed by atoms with van der Waals surface area (Å²) in [5.41, 5.74) is 1.91. The van der Waals surface area contributed by atoms with Gasteiger partial charge in [0, 0.05) is 10.4 Å². The summed E-state index contributed by atoms with van der Waals surface area (Å²) >= 11 is 5.85. The monoisotopic (exact) mass is 282 g/mol. The summed E-state index contributed by atoms with van der Waals surface area (Å²) in [5, 5.41) is 8.41. The molecule has 0 fully saturated rings. The van der Waals surface area contributed by atoms with Crippen LogP contribution >= 0.6 is 11.6 Å². The number of benzene rings is 2. The van der Waals surface area contributed by atoms with Gasteiger partial charge in [0.1, 0.15) is 0 Å². The van der Waals surface area contributed by atoms with Crippen LogP contribution in [0.25, 0.3) is 22.9 Å². The zero-order valence-electron chi connectivity index (χ0n) is 10.5. The van der Waals surface area contributed by atoms with Crippen molar-refractivity contribution in [1.82, 2.24) is 10.2 Å². The van der Waals surface area contributed by atoms with E-state index in [1.165, 1.54) is 0 Å². The largest absolute Gasteiger partial charge is 0.272 e. The summed E-state index contributed by atoms with van der Waals surface area (Å²) in [7, 11) is 0. The molecule has 1 heterocycles. The predicted molar refractivity (Wildman–Crippen MR) is 82.7 cm³/mol. The van der Waals surface area contributed by atoms with Gasteiger partial charge in [-0.25, -0.2) is 5.10 Å². The standard InChI is InChI=1S/C16H11ClN2O/c17-14-6-3-11(4-7-14)1-2-12-5-8-15-13(9-12)10-18-19-16(15)20/h1-10H,(H,19,20)/b2-1+. The van der Waals surface area contributed by atoms with Crippen LogP contribution in [0.5, 0.6) is 0 Å². The third-order valence-electron chi connectivity index (χ3n) is 3.03. The molecule has 0 radical (unpaired) electrons. The molecule has 0 amide bonds. The third kappa shape index (κ3) is 2.63. The van der Waals surface area contributed by atoms with E-state index in [9.17, 15) is 4.79 Å². The first-order valence-electron chi connectivity index (χ1n) is 6.13. The summed E-state index contributed by atoms with van der Waals surface area (Å²) in [5.74, 6) is 0. The van der Waals surface area contributed by atoms with Gasteiger partial charge < -0.3 is 0 Å².